The average Bonchev–Trinajstić information content (AvgIpc) is 2.04. The van der Waals surface area contributed by atoms with E-state index < -0.39 is 0 Å². The molecule has 0 aromatic rings. The molecule has 1 N–H and O–H groups in total. The molecule has 1 saturated heterocycles. The van der Waals surface area contributed by atoms with Crippen molar-refractivity contribution in [2.75, 3.05) is 6.54 Å². The summed E-state index contributed by atoms with van der Waals surface area (Å²) in [4.78, 5) is 0. The lowest BCUT2D eigenvalue weighted by atomic mass is 9.74. The third-order valence-corrected chi connectivity index (χ3v) is 3.12. The fraction of sp³-hybridized carbons (Fsp3) is 1.00. The number of hydrogen-bond acceptors (Lipinski definition) is 2. The zero-order chi connectivity index (χ0) is 7.03. The second-order valence-electron chi connectivity index (χ2n) is 3.66. The number of hydrogen-bond donors (Lipinski definition) is 1. The van der Waals surface area contributed by atoms with Crippen molar-refractivity contribution in [2.45, 2.75) is 44.1 Å². The second kappa shape index (κ2) is 2.21. The third-order valence-electron chi connectivity index (χ3n) is 3.12. The summed E-state index contributed by atoms with van der Waals surface area (Å²) in [6, 6.07) is 0. The first-order valence-corrected chi connectivity index (χ1v) is 4.30. The lowest BCUT2D eigenvalue weighted by Crippen LogP contribution is -2.58. The zero-order valence-corrected chi connectivity index (χ0v) is 6.34. The maximum absolute atomic E-state index is 9.36. The second-order valence-corrected chi connectivity index (χ2v) is 3.66. The average molecular weight is 141 g/mol. The Hall–Kier alpha value is -0.0800. The van der Waals surface area contributed by atoms with Crippen LogP contribution in [-0.2, 0) is 0 Å². The molecule has 1 saturated carbocycles. The molecule has 0 aromatic carbocycles. The van der Waals surface area contributed by atoms with Crippen LogP contribution in [0.5, 0.6) is 0 Å². The Morgan fingerprint density at radius 3 is 2.00 bits per heavy atom. The predicted molar refractivity (Wildman–Crippen MR) is 38.9 cm³/mol. The molecule has 2 fully saturated rings. The van der Waals surface area contributed by atoms with Crippen LogP contribution < -0.4 is 0 Å². The number of nitrogens with zero attached hydrogens (tertiary/aromatic N) is 1. The zero-order valence-electron chi connectivity index (χ0n) is 6.34. The molecule has 58 valence electrons. The van der Waals surface area contributed by atoms with Gasteiger partial charge in [-0.1, -0.05) is 19.3 Å². The van der Waals surface area contributed by atoms with E-state index in [0.29, 0.717) is 0 Å². The predicted octanol–water partition coefficient (Wildman–Crippen LogP) is 1.78. The quantitative estimate of drug-likeness (QED) is 0.556. The van der Waals surface area contributed by atoms with Crippen LogP contribution >= 0.6 is 0 Å². The smallest absolute Gasteiger partial charge is 0.0473 e. The number of rotatable bonds is 0. The highest BCUT2D eigenvalue weighted by molar-refractivity contribution is 4.96. The lowest BCUT2D eigenvalue weighted by Gasteiger charge is -2.51. The molecule has 0 radical (unpaired) electrons. The van der Waals surface area contributed by atoms with Gasteiger partial charge < -0.3 is 5.21 Å². The first-order valence-electron chi connectivity index (χ1n) is 4.30. The van der Waals surface area contributed by atoms with Crippen molar-refractivity contribution in [1.82, 2.24) is 5.06 Å². The molecule has 0 aromatic heterocycles. The summed E-state index contributed by atoms with van der Waals surface area (Å²) in [7, 11) is 0. The van der Waals surface area contributed by atoms with Crippen molar-refractivity contribution in [3.63, 3.8) is 0 Å². The van der Waals surface area contributed by atoms with Gasteiger partial charge in [0.2, 0.25) is 0 Å². The van der Waals surface area contributed by atoms with Gasteiger partial charge in [-0.15, -0.1) is 0 Å². The largest absolute Gasteiger partial charge is 0.313 e. The van der Waals surface area contributed by atoms with Crippen molar-refractivity contribution in [3.05, 3.63) is 0 Å². The summed E-state index contributed by atoms with van der Waals surface area (Å²) in [5, 5.41) is 10.9. The molecule has 1 aliphatic heterocycles. The molecule has 0 bridgehead atoms. The van der Waals surface area contributed by atoms with E-state index in [4.69, 9.17) is 0 Å². The van der Waals surface area contributed by atoms with Crippen LogP contribution in [-0.4, -0.2) is 22.4 Å². The van der Waals surface area contributed by atoms with Crippen LogP contribution in [0.2, 0.25) is 0 Å². The highest BCUT2D eigenvalue weighted by atomic mass is 16.5. The van der Waals surface area contributed by atoms with Gasteiger partial charge in [-0.2, -0.15) is 5.06 Å². The van der Waals surface area contributed by atoms with Crippen molar-refractivity contribution in [2.24, 2.45) is 0 Å². The van der Waals surface area contributed by atoms with E-state index in [-0.39, 0.29) is 5.54 Å². The topological polar surface area (TPSA) is 23.5 Å². The van der Waals surface area contributed by atoms with E-state index in [1.165, 1.54) is 38.5 Å². The van der Waals surface area contributed by atoms with E-state index in [2.05, 4.69) is 0 Å². The minimum atomic E-state index is 0.248. The molecule has 0 unspecified atom stereocenters. The van der Waals surface area contributed by atoms with Crippen LogP contribution in [0.3, 0.4) is 0 Å². The summed E-state index contributed by atoms with van der Waals surface area (Å²) in [6.45, 7) is 0.903. The van der Waals surface area contributed by atoms with Gasteiger partial charge in [0.15, 0.2) is 0 Å². The van der Waals surface area contributed by atoms with E-state index in [0.717, 1.165) is 6.54 Å². The fourth-order valence-electron chi connectivity index (χ4n) is 2.25. The van der Waals surface area contributed by atoms with Crippen LogP contribution in [0, 0.1) is 0 Å². The Labute approximate surface area is 61.8 Å². The highest BCUT2D eigenvalue weighted by Gasteiger charge is 2.44. The van der Waals surface area contributed by atoms with Gasteiger partial charge in [0.1, 0.15) is 0 Å². The Morgan fingerprint density at radius 2 is 1.70 bits per heavy atom. The van der Waals surface area contributed by atoms with Crippen molar-refractivity contribution < 1.29 is 5.21 Å². The summed E-state index contributed by atoms with van der Waals surface area (Å²) < 4.78 is 0. The Morgan fingerprint density at radius 1 is 1.00 bits per heavy atom. The molecule has 1 aliphatic carbocycles. The van der Waals surface area contributed by atoms with Crippen molar-refractivity contribution in [1.29, 1.82) is 0 Å². The van der Waals surface area contributed by atoms with Gasteiger partial charge in [-0.3, -0.25) is 0 Å². The Kier molecular flexibility index (Phi) is 1.46. The molecule has 1 heterocycles. The summed E-state index contributed by atoms with van der Waals surface area (Å²) >= 11 is 0. The van der Waals surface area contributed by atoms with Gasteiger partial charge in [0.25, 0.3) is 0 Å². The highest BCUT2D eigenvalue weighted by Crippen LogP contribution is 2.41. The standard InChI is InChI=1S/C8H15NO/c10-9-7-6-8(9)4-2-1-3-5-8/h10H,1-7H2. The molecule has 0 atom stereocenters. The molecule has 10 heavy (non-hydrogen) atoms. The third kappa shape index (κ3) is 0.789. The molecule has 1 spiro atoms. The minimum absolute atomic E-state index is 0.248. The van der Waals surface area contributed by atoms with E-state index in [9.17, 15) is 5.21 Å². The van der Waals surface area contributed by atoms with Crippen LogP contribution in [0.1, 0.15) is 38.5 Å². The minimum Gasteiger partial charge on any atom is -0.313 e. The first kappa shape index (κ1) is 6.62. The maximum Gasteiger partial charge on any atom is 0.0473 e. The van der Waals surface area contributed by atoms with Gasteiger partial charge in [-0.05, 0) is 19.3 Å². The first-order chi connectivity index (χ1) is 4.83. The fourth-order valence-corrected chi connectivity index (χ4v) is 2.25. The molecule has 2 rings (SSSR count). The lowest BCUT2D eigenvalue weighted by molar-refractivity contribution is -0.246. The van der Waals surface area contributed by atoms with Crippen LogP contribution in [0.4, 0.5) is 0 Å². The molecular weight excluding hydrogens is 126 g/mol. The molecule has 2 heteroatoms. The molecule has 2 aliphatic rings. The van der Waals surface area contributed by atoms with E-state index in [1.807, 2.05) is 0 Å². The molecule has 0 amide bonds. The SMILES string of the molecule is ON1CCC12CCCCC2. The molecule has 2 nitrogen and oxygen atoms in total. The Bertz CT molecular complexity index is 129. The number of hydroxylamine groups is 2. The van der Waals surface area contributed by atoms with Gasteiger partial charge in [0.05, 0.1) is 0 Å². The van der Waals surface area contributed by atoms with Crippen molar-refractivity contribution in [3.8, 4) is 0 Å². The summed E-state index contributed by atoms with van der Waals surface area (Å²) in [5.41, 5.74) is 0.248. The van der Waals surface area contributed by atoms with E-state index >= 15 is 0 Å². The summed E-state index contributed by atoms with van der Waals surface area (Å²) in [6.07, 6.45) is 7.68. The monoisotopic (exact) mass is 141 g/mol. The van der Waals surface area contributed by atoms with Crippen LogP contribution in [0.15, 0.2) is 0 Å². The van der Waals surface area contributed by atoms with Crippen molar-refractivity contribution >= 4 is 0 Å². The van der Waals surface area contributed by atoms with Gasteiger partial charge >= 0.3 is 0 Å². The van der Waals surface area contributed by atoms with Crippen LogP contribution in [0.25, 0.3) is 0 Å². The van der Waals surface area contributed by atoms with E-state index in [1.54, 1.807) is 5.06 Å². The molecular formula is C8H15NO. The van der Waals surface area contributed by atoms with Gasteiger partial charge in [0, 0.05) is 12.1 Å². The summed E-state index contributed by atoms with van der Waals surface area (Å²) in [5.74, 6) is 0. The maximum atomic E-state index is 9.36. The normalized spacial score (nSPS) is 32.1. The van der Waals surface area contributed by atoms with Gasteiger partial charge in [-0.25, -0.2) is 0 Å². The Balaban J connectivity index is 1.99.